The Labute approximate surface area is 204 Å². The van der Waals surface area contributed by atoms with Crippen LogP contribution in [0.1, 0.15) is 42.9 Å². The minimum atomic E-state index is -0.888. The van der Waals surface area contributed by atoms with Gasteiger partial charge in [-0.15, -0.1) is 0 Å². The highest BCUT2D eigenvalue weighted by molar-refractivity contribution is 6.36. The lowest BCUT2D eigenvalue weighted by molar-refractivity contribution is 0.124. The second kappa shape index (κ2) is 8.88. The summed E-state index contributed by atoms with van der Waals surface area (Å²) in [6.07, 6.45) is 7.61. The number of rotatable bonds is 4. The summed E-state index contributed by atoms with van der Waals surface area (Å²) in [5.41, 5.74) is 3.98. The van der Waals surface area contributed by atoms with E-state index in [1.165, 1.54) is 17.0 Å². The van der Waals surface area contributed by atoms with Crippen molar-refractivity contribution in [3.8, 4) is 11.3 Å². The molecule has 8 nitrogen and oxygen atoms in total. The van der Waals surface area contributed by atoms with Gasteiger partial charge in [0.2, 0.25) is 0 Å². The van der Waals surface area contributed by atoms with E-state index in [2.05, 4.69) is 15.1 Å². The number of likely N-dealkylation sites (tertiary alicyclic amines) is 1. The third-order valence-corrected chi connectivity index (χ3v) is 7.11. The Hall–Kier alpha value is -3.17. The summed E-state index contributed by atoms with van der Waals surface area (Å²) in [7, 11) is 0. The molecule has 1 amide bonds. The molecule has 4 aromatic rings. The summed E-state index contributed by atoms with van der Waals surface area (Å²) in [6, 6.07) is 2.87. The molecule has 176 valence electrons. The van der Waals surface area contributed by atoms with Crippen LogP contribution in [0.2, 0.25) is 10.0 Å². The Kier molecular flexibility index (Phi) is 5.91. The molecule has 11 heteroatoms. The van der Waals surface area contributed by atoms with E-state index in [0.29, 0.717) is 53.4 Å². The fourth-order valence-corrected chi connectivity index (χ4v) is 5.16. The molecule has 1 atom stereocenters. The van der Waals surface area contributed by atoms with Crippen LogP contribution in [0.5, 0.6) is 0 Å². The zero-order chi connectivity index (χ0) is 24.0. The van der Waals surface area contributed by atoms with Gasteiger partial charge in [0, 0.05) is 47.6 Å². The third kappa shape index (κ3) is 3.99. The number of hydrogen-bond acceptors (Lipinski definition) is 4. The molecule has 0 spiro atoms. The molecule has 1 saturated heterocycles. The largest absolute Gasteiger partial charge is 0.465 e. The van der Waals surface area contributed by atoms with E-state index >= 15 is 0 Å². The van der Waals surface area contributed by atoms with Crippen molar-refractivity contribution >= 4 is 40.5 Å². The van der Waals surface area contributed by atoms with Crippen LogP contribution in [-0.2, 0) is 0 Å². The average Bonchev–Trinajstić information content (AvgIpc) is 3.49. The van der Waals surface area contributed by atoms with Crippen molar-refractivity contribution in [2.75, 3.05) is 13.1 Å². The van der Waals surface area contributed by atoms with E-state index < -0.39 is 11.9 Å². The lowest BCUT2D eigenvalue weighted by Gasteiger charge is -2.29. The predicted molar refractivity (Wildman–Crippen MR) is 127 cm³/mol. The normalized spacial score (nSPS) is 15.7. The van der Waals surface area contributed by atoms with Gasteiger partial charge >= 0.3 is 6.09 Å². The van der Waals surface area contributed by atoms with Gasteiger partial charge in [0.05, 0.1) is 29.2 Å². The zero-order valence-corrected chi connectivity index (χ0v) is 19.7. The number of carbonyl (C=O) groups is 1. The van der Waals surface area contributed by atoms with Crippen LogP contribution in [0.25, 0.3) is 22.4 Å². The van der Waals surface area contributed by atoms with Gasteiger partial charge in [-0.05, 0) is 30.5 Å². The van der Waals surface area contributed by atoms with Crippen molar-refractivity contribution in [3.05, 3.63) is 63.9 Å². The molecule has 0 saturated carbocycles. The summed E-state index contributed by atoms with van der Waals surface area (Å²) in [6.45, 7) is 2.86. The highest BCUT2D eigenvalue weighted by Gasteiger charge is 2.25. The Bertz CT molecular complexity index is 1380. The fourth-order valence-electron chi connectivity index (χ4n) is 4.47. The molecule has 1 unspecified atom stereocenters. The lowest BCUT2D eigenvalue weighted by atomic mass is 9.94. The summed E-state index contributed by atoms with van der Waals surface area (Å²) in [5, 5.41) is 14.0. The molecule has 0 radical (unpaired) electrons. The second-order valence-electron chi connectivity index (χ2n) is 8.38. The first-order valence-electron chi connectivity index (χ1n) is 10.8. The number of halogens is 3. The number of nitrogens with zero attached hydrogens (tertiary/aromatic N) is 5. The number of fused-ring (bicyclic) bond motifs is 1. The van der Waals surface area contributed by atoms with Crippen molar-refractivity contribution < 1.29 is 14.3 Å². The maximum atomic E-state index is 14.1. The van der Waals surface area contributed by atoms with Crippen LogP contribution in [0.4, 0.5) is 9.18 Å². The molecule has 0 aliphatic carbocycles. The molecule has 34 heavy (non-hydrogen) atoms. The van der Waals surface area contributed by atoms with E-state index in [1.54, 1.807) is 18.6 Å². The minimum Gasteiger partial charge on any atom is -0.465 e. The van der Waals surface area contributed by atoms with E-state index in [9.17, 15) is 9.18 Å². The van der Waals surface area contributed by atoms with Crippen LogP contribution >= 0.6 is 23.2 Å². The fraction of sp³-hybridized carbons (Fsp3) is 0.304. The molecule has 2 N–H and O–H groups in total. The number of piperidine rings is 1. The van der Waals surface area contributed by atoms with Crippen molar-refractivity contribution in [2.45, 2.75) is 31.7 Å². The van der Waals surface area contributed by atoms with Gasteiger partial charge in [0.1, 0.15) is 11.3 Å². The summed E-state index contributed by atoms with van der Waals surface area (Å²) in [4.78, 5) is 25.0. The maximum absolute atomic E-state index is 14.1. The van der Waals surface area contributed by atoms with Gasteiger partial charge in [-0.1, -0.05) is 30.1 Å². The molecule has 4 heterocycles. The molecule has 0 bridgehead atoms. The predicted octanol–water partition coefficient (Wildman–Crippen LogP) is 5.73. The smallest absolute Gasteiger partial charge is 0.407 e. The van der Waals surface area contributed by atoms with Crippen LogP contribution in [-0.4, -0.2) is 53.9 Å². The highest BCUT2D eigenvalue weighted by atomic mass is 35.5. The van der Waals surface area contributed by atoms with Gasteiger partial charge in [-0.3, -0.25) is 4.68 Å². The number of hydrogen-bond donors (Lipinski definition) is 2. The molecule has 1 aromatic carbocycles. The molecule has 5 rings (SSSR count). The number of carboxylic acid groups (broad SMARTS) is 1. The molecule has 1 fully saturated rings. The molecule has 1 aliphatic heterocycles. The number of nitrogens with one attached hydrogen (secondary N) is 1. The Balaban J connectivity index is 1.45. The topological polar surface area (TPSA) is 99.9 Å². The summed E-state index contributed by atoms with van der Waals surface area (Å²) < 4.78 is 16.0. The SMILES string of the molecule is CC(c1c(Cl)ccc(F)c1Cl)c1c[nH]c2ncc(-c3cnn(C4CCN(C(=O)O)CC4)c3)nc12. The van der Waals surface area contributed by atoms with Gasteiger partial charge < -0.3 is 15.0 Å². The number of amides is 1. The van der Waals surface area contributed by atoms with Crippen LogP contribution < -0.4 is 0 Å². The molecule has 3 aromatic heterocycles. The number of H-pyrrole nitrogens is 1. The third-order valence-electron chi connectivity index (χ3n) is 6.40. The van der Waals surface area contributed by atoms with Gasteiger partial charge in [0.15, 0.2) is 5.65 Å². The second-order valence-corrected chi connectivity index (χ2v) is 9.17. The first-order valence-corrected chi connectivity index (χ1v) is 11.6. The van der Waals surface area contributed by atoms with Crippen molar-refractivity contribution in [3.63, 3.8) is 0 Å². The Morgan fingerprint density at radius 2 is 2.03 bits per heavy atom. The van der Waals surface area contributed by atoms with Gasteiger partial charge in [-0.25, -0.2) is 19.2 Å². The Morgan fingerprint density at radius 3 is 2.76 bits per heavy atom. The lowest BCUT2D eigenvalue weighted by Crippen LogP contribution is -2.38. The Morgan fingerprint density at radius 1 is 1.26 bits per heavy atom. The zero-order valence-electron chi connectivity index (χ0n) is 18.2. The molecular weight excluding hydrogens is 482 g/mol. The number of aromatic amines is 1. The van der Waals surface area contributed by atoms with Crippen LogP contribution in [0.15, 0.2) is 36.9 Å². The first kappa shape index (κ1) is 22.6. The van der Waals surface area contributed by atoms with Crippen LogP contribution in [0.3, 0.4) is 0 Å². The number of benzene rings is 1. The van der Waals surface area contributed by atoms with Gasteiger partial charge in [-0.2, -0.15) is 5.10 Å². The van der Waals surface area contributed by atoms with Crippen LogP contribution in [0, 0.1) is 5.82 Å². The highest BCUT2D eigenvalue weighted by Crippen LogP contribution is 2.39. The van der Waals surface area contributed by atoms with E-state index in [0.717, 1.165) is 11.1 Å². The standard InChI is InChI=1S/C23H21Cl2FN6O2/c1-12(19-16(24)2-3-17(26)20(19)25)15-9-27-22-21(15)30-18(10-28-22)13-8-29-32(11-13)14-4-6-31(7-5-14)23(33)34/h2-3,8-12,14H,4-7H2,1H3,(H,27,28)(H,33,34). The van der Waals surface area contributed by atoms with Crippen molar-refractivity contribution in [1.82, 2.24) is 29.6 Å². The summed E-state index contributed by atoms with van der Waals surface area (Å²) >= 11 is 12.6. The van der Waals surface area contributed by atoms with Crippen molar-refractivity contribution in [1.29, 1.82) is 0 Å². The van der Waals surface area contributed by atoms with Crippen molar-refractivity contribution in [2.24, 2.45) is 0 Å². The van der Waals surface area contributed by atoms with Gasteiger partial charge in [0.25, 0.3) is 0 Å². The molecule has 1 aliphatic rings. The quantitative estimate of drug-likeness (QED) is 0.347. The number of aromatic nitrogens is 5. The van der Waals surface area contributed by atoms with E-state index in [4.69, 9.17) is 33.3 Å². The summed E-state index contributed by atoms with van der Waals surface area (Å²) in [5.74, 6) is -0.850. The maximum Gasteiger partial charge on any atom is 0.407 e. The monoisotopic (exact) mass is 502 g/mol. The first-order chi connectivity index (χ1) is 16.3. The van der Waals surface area contributed by atoms with E-state index in [1.807, 2.05) is 17.8 Å². The average molecular weight is 503 g/mol. The minimum absolute atomic E-state index is 0.00585. The van der Waals surface area contributed by atoms with E-state index in [-0.39, 0.29) is 17.0 Å². The molecular formula is C23H21Cl2FN6O2.